The van der Waals surface area contributed by atoms with Gasteiger partial charge >= 0.3 is 0 Å². The molecule has 0 aliphatic carbocycles. The van der Waals surface area contributed by atoms with E-state index in [1.807, 2.05) is 6.92 Å². The molecule has 0 aliphatic rings. The molecular weight excluding hydrogens is 296 g/mol. The van der Waals surface area contributed by atoms with Gasteiger partial charge in [0, 0.05) is 6.07 Å². The molecule has 0 saturated carbocycles. The van der Waals surface area contributed by atoms with Crippen LogP contribution < -0.4 is 4.74 Å². The molecule has 0 spiro atoms. The molecule has 21 heavy (non-hydrogen) atoms. The van der Waals surface area contributed by atoms with Gasteiger partial charge in [-0.2, -0.15) is 10.1 Å². The van der Waals surface area contributed by atoms with Gasteiger partial charge in [0.15, 0.2) is 0 Å². The number of halogens is 1. The molecule has 0 aromatic carbocycles. The van der Waals surface area contributed by atoms with Crippen LogP contribution in [0.3, 0.4) is 0 Å². The van der Waals surface area contributed by atoms with Crippen molar-refractivity contribution in [1.82, 2.24) is 29.9 Å². The Balaban J connectivity index is 1.84. The zero-order valence-electron chi connectivity index (χ0n) is 11.3. The Morgan fingerprint density at radius 2 is 2.24 bits per heavy atom. The van der Waals surface area contributed by atoms with Crippen molar-refractivity contribution in [1.29, 1.82) is 0 Å². The minimum atomic E-state index is 0.341. The van der Waals surface area contributed by atoms with Gasteiger partial charge in [0.1, 0.15) is 18.6 Å². The van der Waals surface area contributed by atoms with Crippen molar-refractivity contribution >= 4 is 11.6 Å². The van der Waals surface area contributed by atoms with Crippen molar-refractivity contribution in [3.63, 3.8) is 0 Å². The Morgan fingerprint density at radius 1 is 1.38 bits per heavy atom. The first-order valence-electron chi connectivity index (χ1n) is 6.04. The van der Waals surface area contributed by atoms with E-state index in [1.54, 1.807) is 16.9 Å². The van der Waals surface area contributed by atoms with Crippen LogP contribution in [0.5, 0.6) is 5.88 Å². The van der Waals surface area contributed by atoms with Crippen LogP contribution in [0.25, 0.3) is 11.5 Å². The SMILES string of the molecule is COc1cc(-c2noc(Cn3ncc(Cl)c3C)n2)ncn1. The lowest BCUT2D eigenvalue weighted by Gasteiger charge is -1.99. The Bertz CT molecular complexity index is 769. The molecule has 0 fully saturated rings. The first-order valence-corrected chi connectivity index (χ1v) is 6.42. The predicted molar refractivity (Wildman–Crippen MR) is 73.0 cm³/mol. The van der Waals surface area contributed by atoms with E-state index in [4.69, 9.17) is 20.9 Å². The lowest BCUT2D eigenvalue weighted by Crippen LogP contribution is -2.03. The smallest absolute Gasteiger partial charge is 0.248 e. The quantitative estimate of drug-likeness (QED) is 0.725. The van der Waals surface area contributed by atoms with Gasteiger partial charge in [-0.15, -0.1) is 0 Å². The lowest BCUT2D eigenvalue weighted by atomic mass is 10.4. The second-order valence-corrected chi connectivity index (χ2v) is 4.60. The van der Waals surface area contributed by atoms with Crippen LogP contribution in [0.4, 0.5) is 0 Å². The van der Waals surface area contributed by atoms with E-state index in [1.165, 1.54) is 13.4 Å². The molecule has 0 radical (unpaired) electrons. The number of aromatic nitrogens is 6. The van der Waals surface area contributed by atoms with Crippen LogP contribution in [0.15, 0.2) is 23.1 Å². The number of methoxy groups -OCH3 is 1. The van der Waals surface area contributed by atoms with Crippen molar-refractivity contribution in [3.05, 3.63) is 35.2 Å². The summed E-state index contributed by atoms with van der Waals surface area (Å²) in [5.41, 5.74) is 1.35. The van der Waals surface area contributed by atoms with E-state index >= 15 is 0 Å². The zero-order valence-corrected chi connectivity index (χ0v) is 12.1. The molecule has 0 aliphatic heterocycles. The van der Waals surface area contributed by atoms with Gasteiger partial charge in [-0.1, -0.05) is 16.8 Å². The second kappa shape index (κ2) is 5.49. The van der Waals surface area contributed by atoms with Crippen LogP contribution in [0, 0.1) is 6.92 Å². The summed E-state index contributed by atoms with van der Waals surface area (Å²) in [5.74, 6) is 1.20. The monoisotopic (exact) mass is 306 g/mol. The molecule has 0 N–H and O–H groups in total. The Hall–Kier alpha value is -2.48. The summed E-state index contributed by atoms with van der Waals surface area (Å²) in [5, 5.41) is 8.61. The van der Waals surface area contributed by atoms with Gasteiger partial charge in [-0.25, -0.2) is 9.97 Å². The van der Waals surface area contributed by atoms with Gasteiger partial charge in [0.05, 0.1) is 24.0 Å². The summed E-state index contributed by atoms with van der Waals surface area (Å²) in [6.07, 6.45) is 2.95. The highest BCUT2D eigenvalue weighted by Gasteiger charge is 2.13. The van der Waals surface area contributed by atoms with Crippen LogP contribution in [0.1, 0.15) is 11.6 Å². The van der Waals surface area contributed by atoms with Crippen LogP contribution in [0.2, 0.25) is 5.02 Å². The maximum Gasteiger partial charge on any atom is 0.248 e. The standard InChI is InChI=1S/C12H11ClN6O2/c1-7-8(13)4-16-19(7)5-11-17-12(18-21-11)9-3-10(20-2)15-6-14-9/h3-4,6H,5H2,1-2H3. The lowest BCUT2D eigenvalue weighted by molar-refractivity contribution is 0.364. The number of nitrogens with zero attached hydrogens (tertiary/aromatic N) is 6. The molecule has 3 rings (SSSR count). The van der Waals surface area contributed by atoms with Crippen molar-refractivity contribution in [3.8, 4) is 17.4 Å². The fraction of sp³-hybridized carbons (Fsp3) is 0.250. The maximum atomic E-state index is 5.95. The molecule has 0 atom stereocenters. The molecular formula is C12H11ClN6O2. The fourth-order valence-electron chi connectivity index (χ4n) is 1.71. The first-order chi connectivity index (χ1) is 10.2. The highest BCUT2D eigenvalue weighted by Crippen LogP contribution is 2.18. The Morgan fingerprint density at radius 3 is 2.95 bits per heavy atom. The highest BCUT2D eigenvalue weighted by molar-refractivity contribution is 6.31. The molecule has 8 nitrogen and oxygen atoms in total. The number of ether oxygens (including phenoxy) is 1. The summed E-state index contributed by atoms with van der Waals surface area (Å²) < 4.78 is 11.9. The van der Waals surface area contributed by atoms with E-state index < -0.39 is 0 Å². The van der Waals surface area contributed by atoms with Crippen molar-refractivity contribution in [2.45, 2.75) is 13.5 Å². The molecule has 0 saturated heterocycles. The van der Waals surface area contributed by atoms with Crippen molar-refractivity contribution in [2.24, 2.45) is 0 Å². The van der Waals surface area contributed by atoms with Crippen molar-refractivity contribution < 1.29 is 9.26 Å². The zero-order chi connectivity index (χ0) is 14.8. The molecule has 3 aromatic heterocycles. The fourth-order valence-corrected chi connectivity index (χ4v) is 1.85. The molecule has 0 bridgehead atoms. The number of hydrogen-bond acceptors (Lipinski definition) is 7. The third-order valence-corrected chi connectivity index (χ3v) is 3.25. The normalized spacial score (nSPS) is 10.8. The minimum absolute atomic E-state index is 0.341. The molecule has 108 valence electrons. The van der Waals surface area contributed by atoms with Gasteiger partial charge in [-0.3, -0.25) is 4.68 Å². The van der Waals surface area contributed by atoms with E-state index in [-0.39, 0.29) is 0 Å². The molecule has 3 heterocycles. The average Bonchev–Trinajstić information content (AvgIpc) is 3.10. The van der Waals surface area contributed by atoms with Crippen LogP contribution >= 0.6 is 11.6 Å². The summed E-state index contributed by atoms with van der Waals surface area (Å²) in [6, 6.07) is 1.63. The van der Waals surface area contributed by atoms with Gasteiger partial charge in [0.25, 0.3) is 0 Å². The van der Waals surface area contributed by atoms with E-state index in [2.05, 4.69) is 25.2 Å². The number of hydrogen-bond donors (Lipinski definition) is 0. The van der Waals surface area contributed by atoms with Gasteiger partial charge in [-0.05, 0) is 6.92 Å². The Labute approximate surface area is 124 Å². The first kappa shape index (κ1) is 13.5. The van der Waals surface area contributed by atoms with Crippen molar-refractivity contribution in [2.75, 3.05) is 7.11 Å². The molecule has 0 amide bonds. The number of rotatable bonds is 4. The van der Waals surface area contributed by atoms with Gasteiger partial charge in [0.2, 0.25) is 17.6 Å². The van der Waals surface area contributed by atoms with Crippen LogP contribution in [-0.2, 0) is 6.54 Å². The second-order valence-electron chi connectivity index (χ2n) is 4.19. The van der Waals surface area contributed by atoms with Crippen LogP contribution in [-0.4, -0.2) is 37.0 Å². The highest BCUT2D eigenvalue weighted by atomic mass is 35.5. The topological polar surface area (TPSA) is 91.8 Å². The third-order valence-electron chi connectivity index (χ3n) is 2.88. The van der Waals surface area contributed by atoms with E-state index in [0.29, 0.717) is 34.9 Å². The molecule has 0 unspecified atom stereocenters. The summed E-state index contributed by atoms with van der Waals surface area (Å²) in [4.78, 5) is 12.3. The average molecular weight is 307 g/mol. The summed E-state index contributed by atoms with van der Waals surface area (Å²) >= 11 is 5.95. The molecule has 3 aromatic rings. The summed E-state index contributed by atoms with van der Waals surface area (Å²) in [6.45, 7) is 2.20. The third kappa shape index (κ3) is 2.70. The minimum Gasteiger partial charge on any atom is -0.481 e. The van der Waals surface area contributed by atoms with Gasteiger partial charge < -0.3 is 9.26 Å². The largest absolute Gasteiger partial charge is 0.481 e. The predicted octanol–water partition coefficient (Wildman–Crippen LogP) is 1.74. The Kier molecular flexibility index (Phi) is 3.53. The van der Waals surface area contributed by atoms with E-state index in [0.717, 1.165) is 5.69 Å². The maximum absolute atomic E-state index is 5.95. The molecule has 9 heteroatoms. The summed E-state index contributed by atoms with van der Waals surface area (Å²) in [7, 11) is 1.53. The van der Waals surface area contributed by atoms with E-state index in [9.17, 15) is 0 Å².